The normalized spacial score (nSPS) is 12.7. The molecule has 0 spiro atoms. The van der Waals surface area contributed by atoms with Crippen molar-refractivity contribution < 1.29 is 5.11 Å². The van der Waals surface area contributed by atoms with E-state index in [-0.39, 0.29) is 10.8 Å². The smallest absolute Gasteiger partial charge is 0.123 e. The van der Waals surface area contributed by atoms with Gasteiger partial charge in [-0.25, -0.2) is 0 Å². The largest absolute Gasteiger partial charge is 0.507 e. The van der Waals surface area contributed by atoms with Crippen LogP contribution in [0, 0.1) is 0 Å². The van der Waals surface area contributed by atoms with E-state index in [1.807, 2.05) is 18.3 Å². The Bertz CT molecular complexity index is 705. The van der Waals surface area contributed by atoms with E-state index in [9.17, 15) is 5.11 Å². The molecule has 25 heavy (non-hydrogen) atoms. The second-order valence-corrected chi connectivity index (χ2v) is 8.06. The van der Waals surface area contributed by atoms with Gasteiger partial charge in [0.25, 0.3) is 0 Å². The highest BCUT2D eigenvalue weighted by Gasteiger charge is 2.29. The molecule has 2 aromatic rings. The molecule has 134 valence electrons. The van der Waals surface area contributed by atoms with Crippen LogP contribution in [0.15, 0.2) is 36.7 Å². The summed E-state index contributed by atoms with van der Waals surface area (Å²) >= 11 is 0. The number of aromatic hydroxyl groups is 1. The second-order valence-electron chi connectivity index (χ2n) is 8.06. The average Bonchev–Trinajstić information content (AvgIpc) is 2.61. The van der Waals surface area contributed by atoms with E-state index in [1.165, 1.54) is 0 Å². The van der Waals surface area contributed by atoms with Crippen LogP contribution in [0.2, 0.25) is 0 Å². The highest BCUT2D eigenvalue weighted by atomic mass is 16.3. The molecule has 1 aromatic heterocycles. The minimum atomic E-state index is -0.0686. The van der Waals surface area contributed by atoms with Gasteiger partial charge in [-0.1, -0.05) is 59.8 Å². The minimum absolute atomic E-state index is 0.0686. The summed E-state index contributed by atoms with van der Waals surface area (Å²) in [5.74, 6) is 0.456. The zero-order valence-corrected chi connectivity index (χ0v) is 16.4. The third-order valence-corrected chi connectivity index (χ3v) is 5.51. The summed E-state index contributed by atoms with van der Waals surface area (Å²) in [6.07, 6.45) is 9.77. The standard InChI is InChI=1S/C23H31NO/c1-7-22(3,4)19-14-18(12-11-17-10-9-13-24-16-17)15-20(21(19)25)23(5,6)8-2/h9-16,25H,7-8H2,1-6H3/b12-11+. The SMILES string of the molecule is CCC(C)(C)c1cc(/C=C/c2cccnc2)cc(C(C)(C)CC)c1O. The first-order valence-corrected chi connectivity index (χ1v) is 9.17. The molecule has 0 atom stereocenters. The third kappa shape index (κ3) is 4.31. The fourth-order valence-electron chi connectivity index (χ4n) is 2.83. The monoisotopic (exact) mass is 337 g/mol. The van der Waals surface area contributed by atoms with E-state index in [2.05, 4.69) is 70.8 Å². The Hall–Kier alpha value is -2.09. The van der Waals surface area contributed by atoms with E-state index in [4.69, 9.17) is 0 Å². The van der Waals surface area contributed by atoms with E-state index >= 15 is 0 Å². The zero-order valence-electron chi connectivity index (χ0n) is 16.4. The Kier molecular flexibility index (Phi) is 5.72. The van der Waals surface area contributed by atoms with Crippen LogP contribution >= 0.6 is 0 Å². The molecule has 1 aromatic carbocycles. The van der Waals surface area contributed by atoms with Gasteiger partial charge in [0.2, 0.25) is 0 Å². The predicted molar refractivity (Wildman–Crippen MR) is 108 cm³/mol. The molecule has 0 amide bonds. The Labute approximate surface area is 152 Å². The van der Waals surface area contributed by atoms with Gasteiger partial charge in [0, 0.05) is 23.5 Å². The topological polar surface area (TPSA) is 33.1 Å². The second kappa shape index (κ2) is 7.43. The Balaban J connectivity index is 2.59. The van der Waals surface area contributed by atoms with Crippen LogP contribution in [-0.4, -0.2) is 10.1 Å². The molecular weight excluding hydrogens is 306 g/mol. The summed E-state index contributed by atoms with van der Waals surface area (Å²) in [5.41, 5.74) is 4.11. The Morgan fingerprint density at radius 1 is 0.920 bits per heavy atom. The summed E-state index contributed by atoms with van der Waals surface area (Å²) in [6.45, 7) is 13.1. The Morgan fingerprint density at radius 3 is 1.88 bits per heavy atom. The molecule has 2 nitrogen and oxygen atoms in total. The maximum atomic E-state index is 11.0. The van der Waals surface area contributed by atoms with Gasteiger partial charge in [0.15, 0.2) is 0 Å². The summed E-state index contributed by atoms with van der Waals surface area (Å²) in [6, 6.07) is 8.23. The molecular formula is C23H31NO. The summed E-state index contributed by atoms with van der Waals surface area (Å²) in [7, 11) is 0. The highest BCUT2D eigenvalue weighted by Crippen LogP contribution is 2.42. The molecule has 2 rings (SSSR count). The van der Waals surface area contributed by atoms with Crippen molar-refractivity contribution in [1.29, 1.82) is 0 Å². The molecule has 1 heterocycles. The van der Waals surface area contributed by atoms with Gasteiger partial charge in [-0.2, -0.15) is 0 Å². The van der Waals surface area contributed by atoms with Gasteiger partial charge in [0.05, 0.1) is 0 Å². The van der Waals surface area contributed by atoms with Crippen molar-refractivity contribution >= 4 is 12.2 Å². The number of rotatable bonds is 6. The van der Waals surface area contributed by atoms with Crippen LogP contribution in [0.5, 0.6) is 5.75 Å². The highest BCUT2D eigenvalue weighted by molar-refractivity contribution is 5.71. The lowest BCUT2D eigenvalue weighted by Crippen LogP contribution is -2.21. The van der Waals surface area contributed by atoms with Gasteiger partial charge >= 0.3 is 0 Å². The average molecular weight is 338 g/mol. The molecule has 0 saturated carbocycles. The summed E-state index contributed by atoms with van der Waals surface area (Å²) in [4.78, 5) is 4.16. The van der Waals surface area contributed by atoms with Crippen LogP contribution in [0.1, 0.15) is 76.6 Å². The molecule has 2 heteroatoms. The van der Waals surface area contributed by atoms with Crippen LogP contribution in [0.3, 0.4) is 0 Å². The van der Waals surface area contributed by atoms with Gasteiger partial charge in [-0.15, -0.1) is 0 Å². The van der Waals surface area contributed by atoms with Crippen LogP contribution in [0.25, 0.3) is 12.2 Å². The van der Waals surface area contributed by atoms with E-state index in [1.54, 1.807) is 6.20 Å². The quantitative estimate of drug-likeness (QED) is 0.668. The first kappa shape index (κ1) is 19.2. The van der Waals surface area contributed by atoms with Crippen molar-refractivity contribution in [2.24, 2.45) is 0 Å². The molecule has 0 aliphatic heterocycles. The van der Waals surface area contributed by atoms with Crippen molar-refractivity contribution in [3.8, 4) is 5.75 Å². The molecule has 0 fully saturated rings. The van der Waals surface area contributed by atoms with Crippen LogP contribution < -0.4 is 0 Å². The number of phenols is 1. The molecule has 0 saturated heterocycles. The minimum Gasteiger partial charge on any atom is -0.507 e. The van der Waals surface area contributed by atoms with E-state index in [0.29, 0.717) is 5.75 Å². The third-order valence-electron chi connectivity index (χ3n) is 5.51. The number of nitrogens with zero attached hydrogens (tertiary/aromatic N) is 1. The van der Waals surface area contributed by atoms with Crippen LogP contribution in [-0.2, 0) is 10.8 Å². The molecule has 0 bridgehead atoms. The summed E-state index contributed by atoms with van der Waals surface area (Å²) in [5, 5.41) is 11.0. The van der Waals surface area contributed by atoms with Gasteiger partial charge in [0.1, 0.15) is 5.75 Å². The Morgan fingerprint density at radius 2 is 1.44 bits per heavy atom. The molecule has 0 radical (unpaired) electrons. The number of hydrogen-bond donors (Lipinski definition) is 1. The maximum Gasteiger partial charge on any atom is 0.123 e. The molecule has 0 aliphatic rings. The summed E-state index contributed by atoms with van der Waals surface area (Å²) < 4.78 is 0. The lowest BCUT2D eigenvalue weighted by atomic mass is 9.74. The fourth-order valence-corrected chi connectivity index (χ4v) is 2.83. The number of benzene rings is 1. The lowest BCUT2D eigenvalue weighted by molar-refractivity contribution is 0.400. The van der Waals surface area contributed by atoms with Crippen molar-refractivity contribution in [2.75, 3.05) is 0 Å². The zero-order chi connectivity index (χ0) is 18.7. The van der Waals surface area contributed by atoms with Crippen LogP contribution in [0.4, 0.5) is 0 Å². The molecule has 1 N–H and O–H groups in total. The van der Waals surface area contributed by atoms with Crippen molar-refractivity contribution in [2.45, 2.75) is 65.2 Å². The molecule has 0 unspecified atom stereocenters. The van der Waals surface area contributed by atoms with Crippen molar-refractivity contribution in [3.63, 3.8) is 0 Å². The molecule has 0 aliphatic carbocycles. The first-order valence-electron chi connectivity index (χ1n) is 9.17. The van der Waals surface area contributed by atoms with E-state index < -0.39 is 0 Å². The maximum absolute atomic E-state index is 11.0. The number of aromatic nitrogens is 1. The van der Waals surface area contributed by atoms with Gasteiger partial charge in [-0.05, 0) is 53.0 Å². The fraction of sp³-hybridized carbons (Fsp3) is 0.435. The number of pyridine rings is 1. The van der Waals surface area contributed by atoms with Gasteiger partial charge < -0.3 is 5.11 Å². The predicted octanol–water partition coefficient (Wildman–Crippen LogP) is 6.33. The van der Waals surface area contributed by atoms with Gasteiger partial charge in [-0.3, -0.25) is 4.98 Å². The van der Waals surface area contributed by atoms with Crippen molar-refractivity contribution in [1.82, 2.24) is 4.98 Å². The van der Waals surface area contributed by atoms with Crippen molar-refractivity contribution in [3.05, 3.63) is 58.9 Å². The number of hydrogen-bond acceptors (Lipinski definition) is 2. The first-order chi connectivity index (χ1) is 11.7. The lowest BCUT2D eigenvalue weighted by Gasteiger charge is -2.31. The number of phenolic OH excluding ortho intramolecular Hbond substituents is 1. The van der Waals surface area contributed by atoms with E-state index in [0.717, 1.165) is 35.1 Å².